The molecule has 1 unspecified atom stereocenters. The zero-order valence-electron chi connectivity index (χ0n) is 17.2. The minimum absolute atomic E-state index is 0.320. The van der Waals surface area contributed by atoms with E-state index >= 15 is 0 Å². The average molecular weight is 441 g/mol. The van der Waals surface area contributed by atoms with Gasteiger partial charge < -0.3 is 0 Å². The van der Waals surface area contributed by atoms with Gasteiger partial charge in [-0.05, 0) is 0 Å². The van der Waals surface area contributed by atoms with Crippen LogP contribution in [0.2, 0.25) is 22.3 Å². The summed E-state index contributed by atoms with van der Waals surface area (Å²) in [7, 11) is -3.83. The Bertz CT molecular complexity index is 345. The Kier molecular flexibility index (Phi) is 16.1. The molecule has 0 aliphatic rings. The Balaban J connectivity index is 3.35. The first-order valence-corrected chi connectivity index (χ1v) is 18.6. The van der Waals surface area contributed by atoms with Gasteiger partial charge in [-0.25, -0.2) is 0 Å². The predicted molar refractivity (Wildman–Crippen MR) is 111 cm³/mol. The maximum atomic E-state index is 11.7. The molecule has 4 nitrogen and oxygen atoms in total. The molecular formula is C19H43AsO4P. The number of hydrogen-bond donors (Lipinski definition) is 1. The van der Waals surface area contributed by atoms with Crippen LogP contribution in [0.3, 0.4) is 0 Å². The van der Waals surface area contributed by atoms with Gasteiger partial charge in [0.2, 0.25) is 0 Å². The molecule has 25 heavy (non-hydrogen) atoms. The van der Waals surface area contributed by atoms with Gasteiger partial charge in [-0.1, -0.05) is 45.4 Å². The van der Waals surface area contributed by atoms with Gasteiger partial charge in [0, 0.05) is 0 Å². The molecule has 0 bridgehead atoms. The van der Waals surface area contributed by atoms with E-state index in [4.69, 9.17) is 9.05 Å². The molecule has 6 heteroatoms. The molecule has 0 aliphatic heterocycles. The van der Waals surface area contributed by atoms with E-state index in [2.05, 4.69) is 24.1 Å². The van der Waals surface area contributed by atoms with Gasteiger partial charge in [-0.15, -0.1) is 0 Å². The van der Waals surface area contributed by atoms with Crippen LogP contribution in [0.1, 0.15) is 84.0 Å². The summed E-state index contributed by atoms with van der Waals surface area (Å²) in [6, 6.07) is 0. The van der Waals surface area contributed by atoms with Crippen molar-refractivity contribution in [3.63, 3.8) is 0 Å². The van der Waals surface area contributed by atoms with Crippen LogP contribution < -0.4 is 0 Å². The standard InChI is InChI=1S/C19H43AsO4P/c1-5-6-7-8-9-10-11-12-13-14-15-16-18-23-25(21,22)24-19-17-20(2,3)4/h5-19H2,1-4H3,(H,21,22). The molecule has 0 saturated carbocycles. The van der Waals surface area contributed by atoms with Crippen molar-refractivity contribution in [2.45, 2.75) is 106 Å². The van der Waals surface area contributed by atoms with Gasteiger partial charge in [0.15, 0.2) is 0 Å². The Morgan fingerprint density at radius 2 is 1.12 bits per heavy atom. The van der Waals surface area contributed by atoms with Gasteiger partial charge >= 0.3 is 114 Å². The summed E-state index contributed by atoms with van der Waals surface area (Å²) >= 11 is -1.56. The van der Waals surface area contributed by atoms with Crippen LogP contribution in [-0.4, -0.2) is 31.7 Å². The summed E-state index contributed by atoms with van der Waals surface area (Å²) in [5, 5.41) is 0.908. The molecule has 0 rings (SSSR count). The van der Waals surface area contributed by atoms with E-state index in [-0.39, 0.29) is 0 Å². The fourth-order valence-corrected chi connectivity index (χ4v) is 5.00. The summed E-state index contributed by atoms with van der Waals surface area (Å²) < 4.78 is 21.8. The molecule has 0 spiro atoms. The Morgan fingerprint density at radius 1 is 0.720 bits per heavy atom. The van der Waals surface area contributed by atoms with Gasteiger partial charge in [-0.3, -0.25) is 0 Å². The number of unbranched alkanes of at least 4 members (excludes halogenated alkanes) is 11. The van der Waals surface area contributed by atoms with E-state index in [0.717, 1.165) is 18.1 Å². The second kappa shape index (κ2) is 15.7. The molecule has 1 atom stereocenters. The second-order valence-electron chi connectivity index (χ2n) is 8.04. The Hall–Kier alpha value is 0.668. The third-order valence-corrected chi connectivity index (χ3v) is 8.48. The molecule has 0 aromatic heterocycles. The molecule has 0 aromatic carbocycles. The Morgan fingerprint density at radius 3 is 1.56 bits per heavy atom. The zero-order valence-corrected chi connectivity index (χ0v) is 19.9. The zero-order chi connectivity index (χ0) is 19.0. The van der Waals surface area contributed by atoms with Crippen molar-refractivity contribution in [1.82, 2.24) is 0 Å². The third kappa shape index (κ3) is 20.8. The minimum atomic E-state index is -3.83. The first-order valence-electron chi connectivity index (χ1n) is 10.2. The normalized spacial score (nSPS) is 14.6. The number of phosphoric acid groups is 1. The summed E-state index contributed by atoms with van der Waals surface area (Å²) in [6.07, 6.45) is 15.3. The summed E-state index contributed by atoms with van der Waals surface area (Å²) in [5.74, 6) is 0. The van der Waals surface area contributed by atoms with E-state index in [1.807, 2.05) is 0 Å². The summed E-state index contributed by atoms with van der Waals surface area (Å²) in [5.41, 5.74) is 6.74. The maximum absolute atomic E-state index is 11.7. The van der Waals surface area contributed by atoms with Crippen LogP contribution in [0.4, 0.5) is 0 Å². The van der Waals surface area contributed by atoms with Crippen LogP contribution in [-0.2, 0) is 13.6 Å². The number of phosphoric ester groups is 1. The van der Waals surface area contributed by atoms with Crippen molar-refractivity contribution in [3.05, 3.63) is 0 Å². The first-order chi connectivity index (χ1) is 11.8. The van der Waals surface area contributed by atoms with E-state index in [9.17, 15) is 9.46 Å². The van der Waals surface area contributed by atoms with E-state index < -0.39 is 21.4 Å². The van der Waals surface area contributed by atoms with Gasteiger partial charge in [0.05, 0.1) is 0 Å². The number of rotatable bonds is 18. The van der Waals surface area contributed by atoms with Gasteiger partial charge in [-0.2, -0.15) is 0 Å². The van der Waals surface area contributed by atoms with Crippen molar-refractivity contribution in [1.29, 1.82) is 0 Å². The quantitative estimate of drug-likeness (QED) is 0.139. The van der Waals surface area contributed by atoms with Crippen molar-refractivity contribution in [2.75, 3.05) is 13.2 Å². The van der Waals surface area contributed by atoms with Crippen molar-refractivity contribution >= 4 is 21.4 Å². The van der Waals surface area contributed by atoms with E-state index in [1.54, 1.807) is 0 Å². The van der Waals surface area contributed by atoms with Crippen LogP contribution in [0, 0.1) is 0 Å². The van der Waals surface area contributed by atoms with Crippen LogP contribution in [0.25, 0.3) is 0 Å². The molecular weight excluding hydrogens is 398 g/mol. The third-order valence-electron chi connectivity index (χ3n) is 4.27. The molecule has 0 aromatic rings. The fourth-order valence-electron chi connectivity index (χ4n) is 2.59. The van der Waals surface area contributed by atoms with Crippen LogP contribution >= 0.6 is 7.82 Å². The van der Waals surface area contributed by atoms with Crippen molar-refractivity contribution in [3.8, 4) is 0 Å². The molecule has 0 fully saturated rings. The van der Waals surface area contributed by atoms with Crippen molar-refractivity contribution < 1.29 is 18.5 Å². The molecule has 153 valence electrons. The summed E-state index contributed by atoms with van der Waals surface area (Å²) in [6.45, 7) is 2.91. The Labute approximate surface area is 159 Å². The molecule has 1 radical (unpaired) electrons. The van der Waals surface area contributed by atoms with Gasteiger partial charge in [0.1, 0.15) is 0 Å². The van der Waals surface area contributed by atoms with E-state index in [1.165, 1.54) is 64.2 Å². The van der Waals surface area contributed by atoms with Crippen LogP contribution in [0.5, 0.6) is 0 Å². The first kappa shape index (κ1) is 25.7. The molecule has 0 amide bonds. The SMILES string of the molecule is CCCCCCCCCCCCCCOP(=O)(O)OCC[As](C)(C)C. The fraction of sp³-hybridized carbons (Fsp3) is 1.00. The molecule has 0 saturated heterocycles. The molecule has 1 N–H and O–H groups in total. The number of hydrogen-bond acceptors (Lipinski definition) is 3. The summed E-state index contributed by atoms with van der Waals surface area (Å²) in [4.78, 5) is 9.62. The monoisotopic (exact) mass is 441 g/mol. The predicted octanol–water partition coefficient (Wildman–Crippen LogP) is 7.16. The van der Waals surface area contributed by atoms with E-state index in [0.29, 0.717) is 13.2 Å². The topological polar surface area (TPSA) is 55.8 Å². The molecule has 0 heterocycles. The van der Waals surface area contributed by atoms with Crippen molar-refractivity contribution in [2.24, 2.45) is 0 Å². The average Bonchev–Trinajstić information content (AvgIpc) is 2.50. The second-order valence-corrected chi connectivity index (χ2v) is 20.0. The molecule has 0 aliphatic carbocycles. The van der Waals surface area contributed by atoms with Crippen LogP contribution in [0.15, 0.2) is 0 Å². The van der Waals surface area contributed by atoms with Gasteiger partial charge in [0.25, 0.3) is 0 Å².